The lowest BCUT2D eigenvalue weighted by Gasteiger charge is -2.26. The zero-order valence-corrected chi connectivity index (χ0v) is 23.9. The topological polar surface area (TPSA) is 116 Å². The van der Waals surface area contributed by atoms with Crippen molar-refractivity contribution in [1.29, 1.82) is 0 Å². The van der Waals surface area contributed by atoms with Gasteiger partial charge >= 0.3 is 0 Å². The minimum absolute atomic E-state index is 0.165. The van der Waals surface area contributed by atoms with Crippen molar-refractivity contribution in [1.82, 2.24) is 10.6 Å². The first-order chi connectivity index (χ1) is 19.2. The number of carbonyl (C=O) groups is 1. The number of aliphatic imine (C=N–C) groups is 3. The molecule has 1 heterocycles. The molecule has 1 amide bonds. The number of amidine groups is 1. The van der Waals surface area contributed by atoms with Gasteiger partial charge in [0.2, 0.25) is 5.96 Å². The summed E-state index contributed by atoms with van der Waals surface area (Å²) < 4.78 is 13.9. The van der Waals surface area contributed by atoms with Gasteiger partial charge in [-0.3, -0.25) is 9.79 Å². The molecule has 0 bridgehead atoms. The van der Waals surface area contributed by atoms with E-state index in [1.165, 1.54) is 48.4 Å². The normalized spacial score (nSPS) is 18.1. The molecule has 4 rings (SSSR count). The summed E-state index contributed by atoms with van der Waals surface area (Å²) >= 11 is 6.44. The zero-order valence-electron chi connectivity index (χ0n) is 23.2. The van der Waals surface area contributed by atoms with Gasteiger partial charge in [-0.15, -0.1) is 0 Å². The summed E-state index contributed by atoms with van der Waals surface area (Å²) in [7, 11) is 1.62. The maximum absolute atomic E-state index is 13.9. The summed E-state index contributed by atoms with van der Waals surface area (Å²) in [6.07, 6.45) is 6.31. The van der Waals surface area contributed by atoms with Crippen molar-refractivity contribution in [2.75, 3.05) is 18.9 Å². The molecule has 0 aromatic heterocycles. The van der Waals surface area contributed by atoms with Crippen LogP contribution < -0.4 is 21.7 Å². The number of nitrogens with two attached hydrogens (primary N) is 1. The fourth-order valence-corrected chi connectivity index (χ4v) is 5.09. The molecule has 5 N–H and O–H groups in total. The van der Waals surface area contributed by atoms with E-state index < -0.39 is 11.9 Å². The van der Waals surface area contributed by atoms with Gasteiger partial charge in [-0.1, -0.05) is 36.7 Å². The minimum atomic E-state index is -0.809. The van der Waals surface area contributed by atoms with E-state index in [-0.39, 0.29) is 17.5 Å². The molecule has 8 nitrogen and oxygen atoms in total. The van der Waals surface area contributed by atoms with E-state index in [1.54, 1.807) is 20.2 Å². The lowest BCUT2D eigenvalue weighted by Crippen LogP contribution is -2.37. The Kier molecular flexibility index (Phi) is 9.37. The third kappa shape index (κ3) is 6.77. The number of aryl methyl sites for hydroxylation is 1. The van der Waals surface area contributed by atoms with Crippen LogP contribution in [0.15, 0.2) is 74.4 Å². The molecule has 0 saturated heterocycles. The van der Waals surface area contributed by atoms with Gasteiger partial charge in [0.1, 0.15) is 17.7 Å². The second-order valence-corrected chi connectivity index (χ2v) is 10.2. The van der Waals surface area contributed by atoms with Crippen LogP contribution in [-0.4, -0.2) is 37.5 Å². The fourth-order valence-electron chi connectivity index (χ4n) is 4.82. The van der Waals surface area contributed by atoms with E-state index >= 15 is 0 Å². The predicted octanol–water partition coefficient (Wildman–Crippen LogP) is 5.38. The molecule has 10 heteroatoms. The Morgan fingerprint density at radius 2 is 2.08 bits per heavy atom. The molecule has 40 heavy (non-hydrogen) atoms. The number of anilines is 1. The lowest BCUT2D eigenvalue weighted by atomic mass is 9.95. The van der Waals surface area contributed by atoms with E-state index in [0.29, 0.717) is 40.1 Å². The molecule has 1 aliphatic heterocycles. The number of hydrogen-bond acceptors (Lipinski definition) is 6. The van der Waals surface area contributed by atoms with Gasteiger partial charge in [0.15, 0.2) is 0 Å². The Balaban J connectivity index is 1.65. The number of amides is 1. The molecule has 1 unspecified atom stereocenters. The van der Waals surface area contributed by atoms with Crippen LogP contribution >= 0.6 is 11.6 Å². The average Bonchev–Trinajstić information content (AvgIpc) is 3.75. The van der Waals surface area contributed by atoms with Crippen LogP contribution in [0.25, 0.3) is 0 Å². The number of hydrogen-bond donors (Lipinski definition) is 4. The molecule has 0 radical (unpaired) electrons. The monoisotopic (exact) mass is 563 g/mol. The van der Waals surface area contributed by atoms with Crippen molar-refractivity contribution in [2.45, 2.75) is 52.0 Å². The van der Waals surface area contributed by atoms with Crippen LogP contribution in [0.4, 0.5) is 10.1 Å². The maximum atomic E-state index is 13.9. The van der Waals surface area contributed by atoms with Gasteiger partial charge in [0.05, 0.1) is 5.57 Å². The summed E-state index contributed by atoms with van der Waals surface area (Å²) in [5.41, 5.74) is 11.4. The summed E-state index contributed by atoms with van der Waals surface area (Å²) in [5, 5.41) is 9.63. The van der Waals surface area contributed by atoms with Crippen molar-refractivity contribution in [3.63, 3.8) is 0 Å². The van der Waals surface area contributed by atoms with E-state index in [1.807, 2.05) is 6.92 Å². The highest BCUT2D eigenvalue weighted by molar-refractivity contribution is 6.31. The number of halogens is 2. The highest BCUT2D eigenvalue weighted by atomic mass is 35.5. The largest absolute Gasteiger partial charge is 0.404 e. The van der Waals surface area contributed by atoms with Gasteiger partial charge < -0.3 is 21.7 Å². The molecule has 1 saturated carbocycles. The summed E-state index contributed by atoms with van der Waals surface area (Å²) in [6, 6.07) is 9.54. The Morgan fingerprint density at radius 1 is 1.30 bits per heavy atom. The number of benzene rings is 2. The second kappa shape index (κ2) is 12.9. The summed E-state index contributed by atoms with van der Waals surface area (Å²) in [5.74, 6) is 0.679. The van der Waals surface area contributed by atoms with Crippen LogP contribution in [0.2, 0.25) is 5.02 Å². The van der Waals surface area contributed by atoms with Crippen LogP contribution in [0.1, 0.15) is 62.3 Å². The van der Waals surface area contributed by atoms with Gasteiger partial charge in [0.25, 0.3) is 5.91 Å². The molecule has 1 atom stereocenters. The zero-order chi connectivity index (χ0) is 28.8. The molecule has 0 spiro atoms. The van der Waals surface area contributed by atoms with Gasteiger partial charge in [-0.25, -0.2) is 14.4 Å². The Labute approximate surface area is 239 Å². The van der Waals surface area contributed by atoms with Crippen LogP contribution in [0, 0.1) is 5.82 Å². The van der Waals surface area contributed by atoms with Crippen molar-refractivity contribution < 1.29 is 9.18 Å². The van der Waals surface area contributed by atoms with E-state index in [0.717, 1.165) is 12.1 Å². The SMILES string of the molecule is CCc1cccc(NC(C)=NC2=NC(c3ccc(F)cc3Cl)C(C(=O)NCC(C=NC)=CN)=C(C)N2)c1C1CC1. The van der Waals surface area contributed by atoms with Gasteiger partial charge in [-0.2, -0.15) is 0 Å². The Bertz CT molecular complexity index is 1440. The molecular formula is C30H35ClFN7O. The third-order valence-electron chi connectivity index (χ3n) is 6.84. The van der Waals surface area contributed by atoms with Crippen molar-refractivity contribution >= 4 is 41.2 Å². The first kappa shape index (κ1) is 29.0. The number of rotatable bonds is 8. The van der Waals surface area contributed by atoms with Crippen molar-refractivity contribution in [2.24, 2.45) is 20.7 Å². The molecule has 210 valence electrons. The van der Waals surface area contributed by atoms with Gasteiger partial charge in [0, 0.05) is 53.6 Å². The highest BCUT2D eigenvalue weighted by Gasteiger charge is 2.31. The molecule has 1 fully saturated rings. The number of guanidine groups is 1. The smallest absolute Gasteiger partial charge is 0.251 e. The van der Waals surface area contributed by atoms with Gasteiger partial charge in [-0.05, 0) is 68.4 Å². The van der Waals surface area contributed by atoms with E-state index in [9.17, 15) is 9.18 Å². The quantitative estimate of drug-likeness (QED) is 0.255. The first-order valence-corrected chi connectivity index (χ1v) is 13.7. The standard InChI is InChI=1S/C30H35ClFN7O/c1-5-20-7-6-8-25(27(20)21-9-10-21)37-18(3)38-30-36-17(2)26(29(40)35-16-19(14-33)15-34-4)28(39-30)23-12-11-22(32)13-24(23)31/h6-8,11-15,21,28H,5,9-10,16,33H2,1-4H3,(H,35,40)(H2,36,37,38,39). The molecular weight excluding hydrogens is 529 g/mol. The highest BCUT2D eigenvalue weighted by Crippen LogP contribution is 2.45. The average molecular weight is 564 g/mol. The van der Waals surface area contributed by atoms with E-state index in [4.69, 9.17) is 27.3 Å². The second-order valence-electron chi connectivity index (χ2n) is 9.82. The lowest BCUT2D eigenvalue weighted by molar-refractivity contribution is -0.117. The Morgan fingerprint density at radius 3 is 2.73 bits per heavy atom. The number of allylic oxidation sites excluding steroid dienone is 1. The number of carbonyl (C=O) groups excluding carboxylic acids is 1. The first-order valence-electron chi connectivity index (χ1n) is 13.3. The maximum Gasteiger partial charge on any atom is 0.251 e. The summed E-state index contributed by atoms with van der Waals surface area (Å²) in [6.45, 7) is 5.98. The minimum Gasteiger partial charge on any atom is -0.404 e. The molecule has 2 aromatic rings. The Hall–Kier alpha value is -3.98. The predicted molar refractivity (Wildman–Crippen MR) is 162 cm³/mol. The van der Waals surface area contributed by atoms with Crippen molar-refractivity contribution in [3.05, 3.63) is 87.0 Å². The number of nitrogens with zero attached hydrogens (tertiary/aromatic N) is 3. The number of nitrogens with one attached hydrogen (secondary N) is 3. The fraction of sp³-hybridized carbons (Fsp3) is 0.333. The van der Waals surface area contributed by atoms with Crippen molar-refractivity contribution in [3.8, 4) is 0 Å². The van der Waals surface area contributed by atoms with Crippen LogP contribution in [0.5, 0.6) is 0 Å². The molecule has 2 aromatic carbocycles. The van der Waals surface area contributed by atoms with E-state index in [2.05, 4.69) is 46.1 Å². The van der Waals surface area contributed by atoms with Crippen LogP contribution in [0.3, 0.4) is 0 Å². The molecule has 1 aliphatic carbocycles. The van der Waals surface area contributed by atoms with Crippen LogP contribution in [-0.2, 0) is 11.2 Å². The molecule has 2 aliphatic rings. The summed E-state index contributed by atoms with van der Waals surface area (Å²) in [4.78, 5) is 26.8. The third-order valence-corrected chi connectivity index (χ3v) is 7.17.